The van der Waals surface area contributed by atoms with Gasteiger partial charge in [0.1, 0.15) is 5.75 Å². The zero-order valence-electron chi connectivity index (χ0n) is 9.14. The standard InChI is InChI=1S/C11H16N2O2S/c1-2-5-10(11(15)13-12)16-9-7-4-3-6-8(9)14/h3-4,6-7,10,14H,2,5,12H2,1H3,(H,13,15). The molecule has 0 aromatic heterocycles. The van der Waals surface area contributed by atoms with Gasteiger partial charge in [-0.25, -0.2) is 5.84 Å². The first-order valence-electron chi connectivity index (χ1n) is 5.14. The van der Waals surface area contributed by atoms with Crippen LogP contribution in [0.4, 0.5) is 0 Å². The molecule has 0 aliphatic rings. The molecule has 0 aliphatic carbocycles. The molecule has 0 fully saturated rings. The number of amides is 1. The van der Waals surface area contributed by atoms with E-state index in [0.717, 1.165) is 12.8 Å². The molecule has 1 unspecified atom stereocenters. The summed E-state index contributed by atoms with van der Waals surface area (Å²) in [5.74, 6) is 5.10. The van der Waals surface area contributed by atoms with Gasteiger partial charge < -0.3 is 5.11 Å². The third-order valence-corrected chi connectivity index (χ3v) is 3.45. The van der Waals surface area contributed by atoms with Gasteiger partial charge in [-0.3, -0.25) is 10.2 Å². The number of hydrogen-bond donors (Lipinski definition) is 3. The van der Waals surface area contributed by atoms with Gasteiger partial charge >= 0.3 is 0 Å². The fourth-order valence-corrected chi connectivity index (χ4v) is 2.49. The Morgan fingerprint density at radius 2 is 2.25 bits per heavy atom. The molecule has 16 heavy (non-hydrogen) atoms. The molecule has 0 aliphatic heterocycles. The lowest BCUT2D eigenvalue weighted by atomic mass is 10.2. The van der Waals surface area contributed by atoms with Crippen molar-refractivity contribution >= 4 is 17.7 Å². The molecule has 0 radical (unpaired) electrons. The highest BCUT2D eigenvalue weighted by molar-refractivity contribution is 8.00. The summed E-state index contributed by atoms with van der Waals surface area (Å²) in [6, 6.07) is 6.96. The van der Waals surface area contributed by atoms with Crippen LogP contribution in [-0.2, 0) is 4.79 Å². The second-order valence-corrected chi connectivity index (χ2v) is 4.62. The van der Waals surface area contributed by atoms with E-state index in [4.69, 9.17) is 5.84 Å². The minimum atomic E-state index is -0.261. The molecule has 0 heterocycles. The number of carbonyl (C=O) groups excluding carboxylic acids is 1. The smallest absolute Gasteiger partial charge is 0.247 e. The highest BCUT2D eigenvalue weighted by atomic mass is 32.2. The van der Waals surface area contributed by atoms with E-state index < -0.39 is 0 Å². The number of hydrazine groups is 1. The molecule has 5 heteroatoms. The van der Waals surface area contributed by atoms with E-state index in [1.807, 2.05) is 13.0 Å². The molecule has 1 rings (SSSR count). The number of nitrogens with one attached hydrogen (secondary N) is 1. The molecule has 4 nitrogen and oxygen atoms in total. The molecule has 0 bridgehead atoms. The third kappa shape index (κ3) is 3.43. The van der Waals surface area contributed by atoms with Crippen molar-refractivity contribution in [2.75, 3.05) is 0 Å². The van der Waals surface area contributed by atoms with Crippen LogP contribution in [0.2, 0.25) is 0 Å². The number of para-hydroxylation sites is 1. The molecule has 1 aromatic carbocycles. The van der Waals surface area contributed by atoms with Gasteiger partial charge in [0.15, 0.2) is 0 Å². The van der Waals surface area contributed by atoms with E-state index in [9.17, 15) is 9.90 Å². The number of aromatic hydroxyl groups is 1. The molecular weight excluding hydrogens is 224 g/mol. The minimum absolute atomic E-state index is 0.193. The maximum absolute atomic E-state index is 11.5. The van der Waals surface area contributed by atoms with Crippen LogP contribution >= 0.6 is 11.8 Å². The predicted molar refractivity (Wildman–Crippen MR) is 65.0 cm³/mol. The molecule has 1 atom stereocenters. The highest BCUT2D eigenvalue weighted by Gasteiger charge is 2.19. The van der Waals surface area contributed by atoms with Gasteiger partial charge in [-0.2, -0.15) is 0 Å². The summed E-state index contributed by atoms with van der Waals surface area (Å²) < 4.78 is 0. The average molecular weight is 240 g/mol. The maximum atomic E-state index is 11.5. The van der Waals surface area contributed by atoms with Crippen molar-refractivity contribution in [3.8, 4) is 5.75 Å². The Balaban J connectivity index is 2.75. The summed E-state index contributed by atoms with van der Waals surface area (Å²) in [6.45, 7) is 2.00. The van der Waals surface area contributed by atoms with Crippen LogP contribution in [0.3, 0.4) is 0 Å². The number of phenols is 1. The van der Waals surface area contributed by atoms with E-state index in [1.165, 1.54) is 11.8 Å². The van der Waals surface area contributed by atoms with Crippen molar-refractivity contribution in [3.63, 3.8) is 0 Å². The number of benzene rings is 1. The summed E-state index contributed by atoms with van der Waals surface area (Å²) >= 11 is 1.33. The van der Waals surface area contributed by atoms with Crippen LogP contribution in [0.5, 0.6) is 5.75 Å². The van der Waals surface area contributed by atoms with Crippen molar-refractivity contribution < 1.29 is 9.90 Å². The summed E-state index contributed by atoms with van der Waals surface area (Å²) in [5.41, 5.74) is 2.15. The van der Waals surface area contributed by atoms with Gasteiger partial charge in [-0.1, -0.05) is 25.5 Å². The molecule has 1 aromatic rings. The van der Waals surface area contributed by atoms with E-state index in [-0.39, 0.29) is 16.9 Å². The Kier molecular flexibility index (Phi) is 5.14. The summed E-state index contributed by atoms with van der Waals surface area (Å²) in [4.78, 5) is 12.2. The lowest BCUT2D eigenvalue weighted by Gasteiger charge is -2.14. The first-order valence-corrected chi connectivity index (χ1v) is 6.02. The molecular formula is C11H16N2O2S. The lowest BCUT2D eigenvalue weighted by Crippen LogP contribution is -2.37. The van der Waals surface area contributed by atoms with Crippen molar-refractivity contribution in [2.24, 2.45) is 5.84 Å². The van der Waals surface area contributed by atoms with Crippen LogP contribution in [-0.4, -0.2) is 16.3 Å². The molecule has 88 valence electrons. The Bertz CT molecular complexity index is 358. The summed E-state index contributed by atoms with van der Waals surface area (Å²) in [6.07, 6.45) is 1.61. The summed E-state index contributed by atoms with van der Waals surface area (Å²) in [7, 11) is 0. The fourth-order valence-electron chi connectivity index (χ4n) is 1.31. The van der Waals surface area contributed by atoms with Crippen molar-refractivity contribution in [1.29, 1.82) is 0 Å². The largest absolute Gasteiger partial charge is 0.507 e. The zero-order valence-corrected chi connectivity index (χ0v) is 9.96. The number of phenolic OH excluding ortho intramolecular Hbond substituents is 1. The van der Waals surface area contributed by atoms with Gasteiger partial charge in [0.25, 0.3) is 0 Å². The van der Waals surface area contributed by atoms with Crippen LogP contribution in [0, 0.1) is 0 Å². The zero-order chi connectivity index (χ0) is 12.0. The molecule has 0 saturated heterocycles. The van der Waals surface area contributed by atoms with Crippen molar-refractivity contribution in [3.05, 3.63) is 24.3 Å². The third-order valence-electron chi connectivity index (χ3n) is 2.12. The van der Waals surface area contributed by atoms with Crippen LogP contribution in [0.1, 0.15) is 19.8 Å². The highest BCUT2D eigenvalue weighted by Crippen LogP contribution is 2.32. The van der Waals surface area contributed by atoms with E-state index in [2.05, 4.69) is 5.43 Å². The van der Waals surface area contributed by atoms with Gasteiger partial charge in [-0.05, 0) is 18.6 Å². The lowest BCUT2D eigenvalue weighted by molar-refractivity contribution is -0.120. The number of thioether (sulfide) groups is 1. The molecule has 1 amide bonds. The first kappa shape index (κ1) is 12.9. The fraction of sp³-hybridized carbons (Fsp3) is 0.364. The number of nitrogens with two attached hydrogens (primary N) is 1. The van der Waals surface area contributed by atoms with Crippen LogP contribution in [0.25, 0.3) is 0 Å². The van der Waals surface area contributed by atoms with Gasteiger partial charge in [0.2, 0.25) is 5.91 Å². The number of rotatable bonds is 5. The van der Waals surface area contributed by atoms with Gasteiger partial charge in [0, 0.05) is 4.90 Å². The van der Waals surface area contributed by atoms with E-state index in [0.29, 0.717) is 4.90 Å². The summed E-state index contributed by atoms with van der Waals surface area (Å²) in [5, 5.41) is 9.34. The second kappa shape index (κ2) is 6.40. The predicted octanol–water partition coefficient (Wildman–Crippen LogP) is 1.64. The Labute approximate surface area is 99.2 Å². The normalized spacial score (nSPS) is 12.1. The Hall–Kier alpha value is -1.20. The SMILES string of the molecule is CCCC(Sc1ccccc1O)C(=O)NN. The molecule has 0 saturated carbocycles. The number of hydrogen-bond acceptors (Lipinski definition) is 4. The van der Waals surface area contributed by atoms with Gasteiger partial charge in [-0.15, -0.1) is 11.8 Å². The van der Waals surface area contributed by atoms with Crippen LogP contribution in [0.15, 0.2) is 29.2 Å². The molecule has 0 spiro atoms. The van der Waals surface area contributed by atoms with E-state index >= 15 is 0 Å². The Morgan fingerprint density at radius 3 is 2.81 bits per heavy atom. The van der Waals surface area contributed by atoms with E-state index in [1.54, 1.807) is 18.2 Å². The minimum Gasteiger partial charge on any atom is -0.507 e. The molecule has 4 N–H and O–H groups in total. The average Bonchev–Trinajstić information content (AvgIpc) is 2.30. The van der Waals surface area contributed by atoms with Crippen molar-refractivity contribution in [2.45, 2.75) is 29.9 Å². The maximum Gasteiger partial charge on any atom is 0.247 e. The monoisotopic (exact) mass is 240 g/mol. The Morgan fingerprint density at radius 1 is 1.56 bits per heavy atom. The van der Waals surface area contributed by atoms with Crippen molar-refractivity contribution in [1.82, 2.24) is 5.43 Å². The second-order valence-electron chi connectivity index (χ2n) is 3.37. The van der Waals surface area contributed by atoms with Crippen LogP contribution < -0.4 is 11.3 Å². The topological polar surface area (TPSA) is 75.3 Å². The quantitative estimate of drug-likeness (QED) is 0.316. The van der Waals surface area contributed by atoms with Gasteiger partial charge in [0.05, 0.1) is 5.25 Å². The number of carbonyl (C=O) groups is 1. The first-order chi connectivity index (χ1) is 7.69.